The van der Waals surface area contributed by atoms with E-state index in [1.54, 1.807) is 6.92 Å². The highest BCUT2D eigenvalue weighted by molar-refractivity contribution is 5.72. The van der Waals surface area contributed by atoms with Crippen LogP contribution in [-0.4, -0.2) is 42.0 Å². The van der Waals surface area contributed by atoms with E-state index < -0.39 is 0 Å². The van der Waals surface area contributed by atoms with Crippen LogP contribution in [0.2, 0.25) is 0 Å². The Morgan fingerprint density at radius 2 is 2.00 bits per heavy atom. The lowest BCUT2D eigenvalue weighted by molar-refractivity contribution is -0.119. The topological polar surface area (TPSA) is 58.4 Å². The van der Waals surface area contributed by atoms with E-state index in [1.165, 1.54) is 19.3 Å². The van der Waals surface area contributed by atoms with Crippen molar-refractivity contribution in [3.63, 3.8) is 0 Å². The number of hydrogen-bond donors (Lipinski definition) is 2. The van der Waals surface area contributed by atoms with Crippen molar-refractivity contribution in [1.29, 1.82) is 0 Å². The number of piperidine rings is 2. The van der Waals surface area contributed by atoms with Crippen LogP contribution in [0.5, 0.6) is 0 Å². The largest absolute Gasteiger partial charge is 0.355 e. The van der Waals surface area contributed by atoms with Gasteiger partial charge in [0.25, 0.3) is 0 Å². The minimum absolute atomic E-state index is 0.0684. The van der Waals surface area contributed by atoms with E-state index in [0.717, 1.165) is 25.9 Å². The summed E-state index contributed by atoms with van der Waals surface area (Å²) in [6, 6.07) is 1.72. The van der Waals surface area contributed by atoms with Gasteiger partial charge in [-0.15, -0.1) is 0 Å². The smallest absolute Gasteiger partial charge is 0.216 e. The van der Waals surface area contributed by atoms with Crippen molar-refractivity contribution in [2.45, 2.75) is 57.2 Å². The van der Waals surface area contributed by atoms with Gasteiger partial charge in [0.05, 0.1) is 0 Å². The number of carbonyl (C=O) groups is 1. The van der Waals surface area contributed by atoms with Crippen LogP contribution in [0.3, 0.4) is 0 Å². The summed E-state index contributed by atoms with van der Waals surface area (Å²) in [6.07, 6.45) is 6.18. The Hall–Kier alpha value is -0.610. The quantitative estimate of drug-likeness (QED) is 0.734. The molecule has 0 saturated carbocycles. The van der Waals surface area contributed by atoms with E-state index in [0.29, 0.717) is 18.1 Å². The van der Waals surface area contributed by atoms with E-state index in [9.17, 15) is 4.79 Å². The van der Waals surface area contributed by atoms with Gasteiger partial charge in [0, 0.05) is 38.1 Å². The third-order valence-corrected chi connectivity index (χ3v) is 3.91. The summed E-state index contributed by atoms with van der Waals surface area (Å²) in [5.41, 5.74) is 6.07. The summed E-state index contributed by atoms with van der Waals surface area (Å²) in [5, 5.41) is 2.88. The molecule has 2 rings (SSSR count). The summed E-state index contributed by atoms with van der Waals surface area (Å²) >= 11 is 0. The second kappa shape index (κ2) is 5.15. The zero-order chi connectivity index (χ0) is 11.5. The fourth-order valence-corrected chi connectivity index (χ4v) is 3.25. The first-order valence-corrected chi connectivity index (χ1v) is 6.42. The van der Waals surface area contributed by atoms with Crippen molar-refractivity contribution in [3.8, 4) is 0 Å². The molecule has 1 amide bonds. The number of amides is 1. The Morgan fingerprint density at radius 1 is 1.38 bits per heavy atom. The van der Waals surface area contributed by atoms with Crippen molar-refractivity contribution >= 4 is 5.91 Å². The van der Waals surface area contributed by atoms with Gasteiger partial charge >= 0.3 is 0 Å². The lowest BCUT2D eigenvalue weighted by Crippen LogP contribution is -2.56. The highest BCUT2D eigenvalue weighted by Crippen LogP contribution is 2.32. The monoisotopic (exact) mass is 225 g/mol. The zero-order valence-electron chi connectivity index (χ0n) is 10.1. The third kappa shape index (κ3) is 2.74. The minimum Gasteiger partial charge on any atom is -0.355 e. The van der Waals surface area contributed by atoms with Crippen LogP contribution in [0, 0.1) is 0 Å². The Balaban J connectivity index is 1.85. The Kier molecular flexibility index (Phi) is 3.82. The van der Waals surface area contributed by atoms with Crippen LogP contribution < -0.4 is 11.1 Å². The first-order valence-electron chi connectivity index (χ1n) is 6.42. The normalized spacial score (nSPS) is 34.8. The number of rotatable bonds is 3. The van der Waals surface area contributed by atoms with E-state index in [-0.39, 0.29) is 5.91 Å². The molecule has 16 heavy (non-hydrogen) atoms. The number of carbonyl (C=O) groups excluding carboxylic acids is 1. The molecule has 2 bridgehead atoms. The predicted octanol–water partition coefficient (Wildman–Crippen LogP) is 0.467. The second-order valence-electron chi connectivity index (χ2n) is 5.19. The van der Waals surface area contributed by atoms with E-state index in [1.807, 2.05) is 0 Å². The molecule has 0 aromatic rings. The van der Waals surface area contributed by atoms with Crippen molar-refractivity contribution in [3.05, 3.63) is 0 Å². The van der Waals surface area contributed by atoms with Gasteiger partial charge in [-0.3, -0.25) is 9.69 Å². The number of nitrogens with one attached hydrogen (secondary N) is 1. The van der Waals surface area contributed by atoms with E-state index in [2.05, 4.69) is 10.2 Å². The molecule has 4 heteroatoms. The molecule has 0 aromatic carbocycles. The molecule has 2 heterocycles. The molecule has 92 valence electrons. The summed E-state index contributed by atoms with van der Waals surface area (Å²) in [5.74, 6) is 0.0684. The molecule has 0 spiro atoms. The van der Waals surface area contributed by atoms with Crippen LogP contribution in [0.1, 0.15) is 39.0 Å². The molecule has 4 nitrogen and oxygen atoms in total. The highest BCUT2D eigenvalue weighted by atomic mass is 16.1. The van der Waals surface area contributed by atoms with Crippen LogP contribution in [0.25, 0.3) is 0 Å². The Bertz CT molecular complexity index is 243. The number of nitrogens with two attached hydrogens (primary N) is 1. The van der Waals surface area contributed by atoms with Gasteiger partial charge in [0.2, 0.25) is 5.91 Å². The van der Waals surface area contributed by atoms with E-state index >= 15 is 0 Å². The molecule has 2 saturated heterocycles. The number of hydrogen-bond acceptors (Lipinski definition) is 3. The molecular weight excluding hydrogens is 202 g/mol. The summed E-state index contributed by atoms with van der Waals surface area (Å²) in [7, 11) is 0. The molecule has 2 aliphatic rings. The van der Waals surface area contributed by atoms with Gasteiger partial charge < -0.3 is 11.1 Å². The van der Waals surface area contributed by atoms with E-state index in [4.69, 9.17) is 5.73 Å². The average Bonchev–Trinajstić information content (AvgIpc) is 2.18. The molecular formula is C12H23N3O. The standard InChI is InChI=1S/C12H23N3O/c1-9(16)14-5-6-15-11-3-2-4-12(15)8-10(13)7-11/h10-12H,2-8,13H2,1H3,(H,14,16). The van der Waals surface area contributed by atoms with Crippen molar-refractivity contribution in [1.82, 2.24) is 10.2 Å². The fourth-order valence-electron chi connectivity index (χ4n) is 3.25. The maximum Gasteiger partial charge on any atom is 0.216 e. The summed E-state index contributed by atoms with van der Waals surface area (Å²) < 4.78 is 0. The van der Waals surface area contributed by atoms with Crippen LogP contribution >= 0.6 is 0 Å². The number of nitrogens with zero attached hydrogens (tertiary/aromatic N) is 1. The van der Waals surface area contributed by atoms with Crippen molar-refractivity contribution in [2.24, 2.45) is 5.73 Å². The van der Waals surface area contributed by atoms with Crippen LogP contribution in [0.15, 0.2) is 0 Å². The van der Waals surface area contributed by atoms with Gasteiger partial charge in [-0.1, -0.05) is 6.42 Å². The zero-order valence-corrected chi connectivity index (χ0v) is 10.1. The molecule has 2 atom stereocenters. The number of fused-ring (bicyclic) bond motifs is 2. The molecule has 2 fully saturated rings. The maximum atomic E-state index is 10.8. The molecule has 0 aromatic heterocycles. The summed E-state index contributed by atoms with van der Waals surface area (Å²) in [6.45, 7) is 3.34. The first kappa shape index (κ1) is 11.9. The molecule has 2 unspecified atom stereocenters. The molecule has 2 aliphatic heterocycles. The average molecular weight is 225 g/mol. The molecule has 0 aliphatic carbocycles. The van der Waals surface area contributed by atoms with Gasteiger partial charge in [-0.25, -0.2) is 0 Å². The molecule has 3 N–H and O–H groups in total. The third-order valence-electron chi connectivity index (χ3n) is 3.91. The fraction of sp³-hybridized carbons (Fsp3) is 0.917. The molecule has 0 radical (unpaired) electrons. The Morgan fingerprint density at radius 3 is 2.56 bits per heavy atom. The van der Waals surface area contributed by atoms with Crippen molar-refractivity contribution in [2.75, 3.05) is 13.1 Å². The maximum absolute atomic E-state index is 10.8. The lowest BCUT2D eigenvalue weighted by atomic mass is 9.82. The highest BCUT2D eigenvalue weighted by Gasteiger charge is 2.36. The summed E-state index contributed by atoms with van der Waals surface area (Å²) in [4.78, 5) is 13.4. The second-order valence-corrected chi connectivity index (χ2v) is 5.19. The predicted molar refractivity (Wildman–Crippen MR) is 64.0 cm³/mol. The Labute approximate surface area is 97.6 Å². The van der Waals surface area contributed by atoms with Gasteiger partial charge in [0.15, 0.2) is 0 Å². The van der Waals surface area contributed by atoms with Crippen LogP contribution in [-0.2, 0) is 4.79 Å². The first-order chi connectivity index (χ1) is 7.66. The lowest BCUT2D eigenvalue weighted by Gasteiger charge is -2.48. The minimum atomic E-state index is 0.0684. The van der Waals surface area contributed by atoms with Crippen molar-refractivity contribution < 1.29 is 4.79 Å². The van der Waals surface area contributed by atoms with Gasteiger partial charge in [-0.05, 0) is 25.7 Å². The van der Waals surface area contributed by atoms with Gasteiger partial charge in [-0.2, -0.15) is 0 Å². The van der Waals surface area contributed by atoms with Gasteiger partial charge in [0.1, 0.15) is 0 Å². The SMILES string of the molecule is CC(=O)NCCN1C2CCCC1CC(N)C2. The van der Waals surface area contributed by atoms with Crippen LogP contribution in [0.4, 0.5) is 0 Å².